The van der Waals surface area contributed by atoms with Gasteiger partial charge in [0.05, 0.1) is 0 Å². The Morgan fingerprint density at radius 3 is 2.58 bits per heavy atom. The van der Waals surface area contributed by atoms with Crippen LogP contribution in [-0.2, 0) is 5.41 Å². The lowest BCUT2D eigenvalue weighted by Crippen LogP contribution is -2.24. The van der Waals surface area contributed by atoms with Crippen LogP contribution in [0.4, 0.5) is 0 Å². The number of hydrogen-bond acceptors (Lipinski definition) is 0. The van der Waals surface area contributed by atoms with Gasteiger partial charge < -0.3 is 0 Å². The van der Waals surface area contributed by atoms with E-state index in [4.69, 9.17) is 0 Å². The maximum atomic E-state index is 3.80. The lowest BCUT2D eigenvalue weighted by Gasteiger charge is -2.32. The van der Waals surface area contributed by atoms with E-state index >= 15 is 0 Å². The van der Waals surface area contributed by atoms with Gasteiger partial charge in [0.1, 0.15) is 0 Å². The molecule has 0 fully saturated rings. The summed E-state index contributed by atoms with van der Waals surface area (Å²) in [6.07, 6.45) is 15.4. The van der Waals surface area contributed by atoms with Crippen LogP contribution in [0.2, 0.25) is 0 Å². The molecule has 0 aliphatic heterocycles. The summed E-state index contributed by atoms with van der Waals surface area (Å²) in [5, 5.41) is 0. The van der Waals surface area contributed by atoms with Crippen LogP contribution in [-0.4, -0.2) is 0 Å². The van der Waals surface area contributed by atoms with Crippen LogP contribution in [0.5, 0.6) is 0 Å². The fraction of sp³-hybridized carbons (Fsp3) is 0.333. The highest BCUT2D eigenvalue weighted by Gasteiger charge is 2.42. The second-order valence-electron chi connectivity index (χ2n) is 6.74. The maximum absolute atomic E-state index is 3.80. The summed E-state index contributed by atoms with van der Waals surface area (Å²) in [7, 11) is 0. The monoisotopic (exact) mass is 316 g/mol. The van der Waals surface area contributed by atoms with E-state index in [1.165, 1.54) is 16.7 Å². The Morgan fingerprint density at radius 1 is 1.17 bits per heavy atom. The molecule has 0 radical (unpaired) electrons. The average molecular weight is 316 g/mol. The van der Waals surface area contributed by atoms with Gasteiger partial charge in [-0.25, -0.2) is 0 Å². The van der Waals surface area contributed by atoms with Crippen molar-refractivity contribution in [1.29, 1.82) is 0 Å². The first-order valence-electron chi connectivity index (χ1n) is 9.21. The van der Waals surface area contributed by atoms with Gasteiger partial charge in [-0.15, -0.1) is 0 Å². The number of fused-ring (bicyclic) bond motifs is 2. The number of rotatable bonds is 5. The largest absolute Gasteiger partial charge is 0.0991 e. The zero-order valence-electron chi connectivity index (χ0n) is 15.2. The first kappa shape index (κ1) is 16.8. The van der Waals surface area contributed by atoms with E-state index in [1.807, 2.05) is 12.2 Å². The second-order valence-corrected chi connectivity index (χ2v) is 6.74. The summed E-state index contributed by atoms with van der Waals surface area (Å²) in [5.74, 6) is 0. The third-order valence-electron chi connectivity index (χ3n) is 5.87. The van der Waals surface area contributed by atoms with E-state index in [1.54, 1.807) is 16.7 Å². The molecule has 0 spiro atoms. The molecule has 0 N–H and O–H groups in total. The molecular formula is C24H28. The summed E-state index contributed by atoms with van der Waals surface area (Å²) in [6.45, 7) is 10.6. The minimum absolute atomic E-state index is 0.193. The fourth-order valence-corrected chi connectivity index (χ4v) is 4.54. The quantitative estimate of drug-likeness (QED) is 0.517. The van der Waals surface area contributed by atoms with E-state index in [0.29, 0.717) is 0 Å². The molecule has 0 amide bonds. The Morgan fingerprint density at radius 2 is 1.92 bits per heavy atom. The van der Waals surface area contributed by atoms with Gasteiger partial charge in [-0.1, -0.05) is 75.1 Å². The first-order valence-corrected chi connectivity index (χ1v) is 9.21. The van der Waals surface area contributed by atoms with Gasteiger partial charge in [-0.3, -0.25) is 0 Å². The van der Waals surface area contributed by atoms with Crippen molar-refractivity contribution in [2.45, 2.75) is 51.9 Å². The smallest absolute Gasteiger partial charge is 0.0206 e. The second kappa shape index (κ2) is 6.81. The van der Waals surface area contributed by atoms with Crippen molar-refractivity contribution in [3.8, 4) is 0 Å². The molecule has 24 heavy (non-hydrogen) atoms. The van der Waals surface area contributed by atoms with Gasteiger partial charge in [0, 0.05) is 5.41 Å². The molecule has 0 unspecified atom stereocenters. The zero-order valence-corrected chi connectivity index (χ0v) is 15.2. The molecule has 1 aromatic carbocycles. The zero-order chi connectivity index (χ0) is 17.2. The van der Waals surface area contributed by atoms with Crippen LogP contribution in [0, 0.1) is 0 Å². The fourth-order valence-electron chi connectivity index (χ4n) is 4.54. The first-order chi connectivity index (χ1) is 11.7. The lowest BCUT2D eigenvalue weighted by molar-refractivity contribution is 0.484. The standard InChI is InChI=1S/C24H28/c1-5-9-12-18(6-2)19-15-16-21-20-13-10-11-14-22(20)24(7-3,8-4)23(21)17-19/h5-6,9-14,17H,1,7-8,15-16H2,2-4H3. The highest BCUT2D eigenvalue weighted by atomic mass is 14.4. The number of allylic oxidation sites excluding steroid dienone is 9. The van der Waals surface area contributed by atoms with Gasteiger partial charge in [-0.05, 0) is 66.0 Å². The minimum Gasteiger partial charge on any atom is -0.0991 e. The third kappa shape index (κ3) is 2.45. The lowest BCUT2D eigenvalue weighted by atomic mass is 9.71. The Hall–Kier alpha value is -2.08. The van der Waals surface area contributed by atoms with Crippen molar-refractivity contribution in [3.05, 3.63) is 89.1 Å². The molecule has 124 valence electrons. The Labute approximate surface area is 147 Å². The van der Waals surface area contributed by atoms with Crippen LogP contribution in [0.1, 0.15) is 57.6 Å². The molecule has 0 saturated heterocycles. The third-order valence-corrected chi connectivity index (χ3v) is 5.87. The molecular weight excluding hydrogens is 288 g/mol. The van der Waals surface area contributed by atoms with Crippen molar-refractivity contribution in [2.75, 3.05) is 0 Å². The van der Waals surface area contributed by atoms with Crippen molar-refractivity contribution < 1.29 is 0 Å². The molecule has 1 aromatic rings. The van der Waals surface area contributed by atoms with Crippen LogP contribution in [0.3, 0.4) is 0 Å². The molecule has 0 heterocycles. The van der Waals surface area contributed by atoms with Crippen molar-refractivity contribution in [1.82, 2.24) is 0 Å². The van der Waals surface area contributed by atoms with Gasteiger partial charge in [0.25, 0.3) is 0 Å². The molecule has 2 aliphatic carbocycles. The topological polar surface area (TPSA) is 0 Å². The number of hydrogen-bond donors (Lipinski definition) is 0. The molecule has 0 atom stereocenters. The minimum atomic E-state index is 0.193. The molecule has 0 nitrogen and oxygen atoms in total. The van der Waals surface area contributed by atoms with E-state index in [-0.39, 0.29) is 5.41 Å². The van der Waals surface area contributed by atoms with E-state index in [0.717, 1.165) is 25.7 Å². The average Bonchev–Trinajstić information content (AvgIpc) is 2.92. The van der Waals surface area contributed by atoms with Gasteiger partial charge in [-0.2, -0.15) is 0 Å². The maximum Gasteiger partial charge on any atom is 0.0206 e. The normalized spacial score (nSPS) is 19.3. The van der Waals surface area contributed by atoms with Crippen LogP contribution < -0.4 is 0 Å². The molecule has 2 aliphatic rings. The summed E-state index contributed by atoms with van der Waals surface area (Å²) in [4.78, 5) is 0. The molecule has 0 aromatic heterocycles. The molecule has 0 bridgehead atoms. The van der Waals surface area contributed by atoms with Crippen molar-refractivity contribution in [2.24, 2.45) is 0 Å². The number of benzene rings is 1. The summed E-state index contributed by atoms with van der Waals surface area (Å²) >= 11 is 0. The van der Waals surface area contributed by atoms with Crippen molar-refractivity contribution >= 4 is 5.57 Å². The van der Waals surface area contributed by atoms with Crippen LogP contribution >= 0.6 is 0 Å². The SMILES string of the molecule is C=CC=CC(=CC)C1=CC2=C(CC1)c1ccccc1C2(CC)CC. The van der Waals surface area contributed by atoms with E-state index in [2.05, 4.69) is 69.8 Å². The Kier molecular flexibility index (Phi) is 4.76. The summed E-state index contributed by atoms with van der Waals surface area (Å²) in [5.41, 5.74) is 9.18. The Bertz CT molecular complexity index is 761. The molecule has 0 saturated carbocycles. The summed E-state index contributed by atoms with van der Waals surface area (Å²) in [6, 6.07) is 9.06. The van der Waals surface area contributed by atoms with Gasteiger partial charge in [0.15, 0.2) is 0 Å². The van der Waals surface area contributed by atoms with Crippen LogP contribution in [0.15, 0.2) is 77.9 Å². The summed E-state index contributed by atoms with van der Waals surface area (Å²) < 4.78 is 0. The molecule has 0 heteroatoms. The molecule has 3 rings (SSSR count). The highest BCUT2D eigenvalue weighted by molar-refractivity contribution is 5.84. The predicted octanol–water partition coefficient (Wildman–Crippen LogP) is 6.92. The highest BCUT2D eigenvalue weighted by Crippen LogP contribution is 2.54. The van der Waals surface area contributed by atoms with Crippen molar-refractivity contribution in [3.63, 3.8) is 0 Å². The van der Waals surface area contributed by atoms with E-state index < -0.39 is 0 Å². The van der Waals surface area contributed by atoms with E-state index in [9.17, 15) is 0 Å². The van der Waals surface area contributed by atoms with Gasteiger partial charge >= 0.3 is 0 Å². The Balaban J connectivity index is 2.14. The van der Waals surface area contributed by atoms with Crippen LogP contribution in [0.25, 0.3) is 5.57 Å². The van der Waals surface area contributed by atoms with Gasteiger partial charge in [0.2, 0.25) is 0 Å². The predicted molar refractivity (Wildman–Crippen MR) is 106 cm³/mol.